The van der Waals surface area contributed by atoms with Crippen molar-refractivity contribution < 1.29 is 12.8 Å². The number of furan rings is 1. The van der Waals surface area contributed by atoms with Gasteiger partial charge in [-0.15, -0.1) is 0 Å². The Morgan fingerprint density at radius 1 is 1.26 bits per heavy atom. The van der Waals surface area contributed by atoms with E-state index in [-0.39, 0.29) is 17.0 Å². The van der Waals surface area contributed by atoms with E-state index >= 15 is 0 Å². The fourth-order valence-corrected chi connectivity index (χ4v) is 2.93. The second kappa shape index (κ2) is 5.26. The fraction of sp³-hybridized carbons (Fsp3) is 0.154. The van der Waals surface area contributed by atoms with E-state index in [9.17, 15) is 8.42 Å². The quantitative estimate of drug-likeness (QED) is 0.855. The Labute approximate surface area is 111 Å². The Kier molecular flexibility index (Phi) is 3.69. The van der Waals surface area contributed by atoms with Gasteiger partial charge in [0.15, 0.2) is 0 Å². The zero-order chi connectivity index (χ0) is 13.9. The molecule has 0 aliphatic rings. The molecule has 0 aliphatic carbocycles. The summed E-state index contributed by atoms with van der Waals surface area (Å²) < 4.78 is 31.0. The van der Waals surface area contributed by atoms with Crippen LogP contribution in [0.4, 0.5) is 0 Å². The van der Waals surface area contributed by atoms with Gasteiger partial charge < -0.3 is 4.42 Å². The van der Waals surface area contributed by atoms with Gasteiger partial charge in [0.1, 0.15) is 11.8 Å². The average Bonchev–Trinajstić information content (AvgIpc) is 2.91. The Morgan fingerprint density at radius 2 is 2.00 bits per heavy atom. The van der Waals surface area contributed by atoms with Gasteiger partial charge in [-0.25, -0.2) is 8.42 Å². The molecule has 2 rings (SSSR count). The first-order valence-electron chi connectivity index (χ1n) is 5.53. The molecule has 0 spiro atoms. The zero-order valence-corrected chi connectivity index (χ0v) is 11.1. The van der Waals surface area contributed by atoms with Gasteiger partial charge in [0, 0.05) is 7.05 Å². The predicted molar refractivity (Wildman–Crippen MR) is 68.5 cm³/mol. The molecule has 0 amide bonds. The molecule has 1 aromatic carbocycles. The number of sulfonamides is 1. The number of nitrogens with zero attached hydrogens (tertiary/aromatic N) is 2. The third-order valence-corrected chi connectivity index (χ3v) is 4.52. The molecule has 0 radical (unpaired) electrons. The van der Waals surface area contributed by atoms with E-state index < -0.39 is 10.0 Å². The van der Waals surface area contributed by atoms with Crippen LogP contribution >= 0.6 is 0 Å². The normalized spacial score (nSPS) is 11.4. The van der Waals surface area contributed by atoms with E-state index in [1.54, 1.807) is 24.3 Å². The molecule has 1 aromatic heterocycles. The summed E-state index contributed by atoms with van der Waals surface area (Å²) in [4.78, 5) is 0.00607. The standard InChI is InChI=1S/C13H12N2O3S/c1-15(10-12-6-4-8-18-12)19(16,17)13-7-3-2-5-11(13)9-14/h2-8H,10H2,1H3. The lowest BCUT2D eigenvalue weighted by atomic mass is 10.2. The van der Waals surface area contributed by atoms with Crippen molar-refractivity contribution in [2.75, 3.05) is 7.05 Å². The molecule has 2 aromatic rings. The number of benzene rings is 1. The minimum absolute atomic E-state index is 0.00607. The highest BCUT2D eigenvalue weighted by Crippen LogP contribution is 2.20. The minimum atomic E-state index is -3.71. The molecule has 19 heavy (non-hydrogen) atoms. The van der Waals surface area contributed by atoms with E-state index in [1.165, 1.54) is 25.4 Å². The van der Waals surface area contributed by atoms with Gasteiger partial charge in [-0.3, -0.25) is 0 Å². The highest BCUT2D eigenvalue weighted by molar-refractivity contribution is 7.89. The van der Waals surface area contributed by atoms with Gasteiger partial charge >= 0.3 is 0 Å². The lowest BCUT2D eigenvalue weighted by Crippen LogP contribution is -2.27. The molecule has 6 heteroatoms. The van der Waals surface area contributed by atoms with Crippen LogP contribution in [0.15, 0.2) is 52.0 Å². The SMILES string of the molecule is CN(Cc1ccco1)S(=O)(=O)c1ccccc1C#N. The van der Waals surface area contributed by atoms with Gasteiger partial charge in [-0.1, -0.05) is 12.1 Å². The molecule has 0 saturated carbocycles. The van der Waals surface area contributed by atoms with E-state index in [0.29, 0.717) is 5.76 Å². The largest absolute Gasteiger partial charge is 0.468 e. The van der Waals surface area contributed by atoms with Crippen LogP contribution in [-0.4, -0.2) is 19.8 Å². The summed E-state index contributed by atoms with van der Waals surface area (Å²) in [5.41, 5.74) is 0.133. The molecule has 0 aliphatic heterocycles. The van der Waals surface area contributed by atoms with Gasteiger partial charge in [0.2, 0.25) is 10.0 Å². The summed E-state index contributed by atoms with van der Waals surface area (Å²) >= 11 is 0. The van der Waals surface area contributed by atoms with Crippen LogP contribution in [-0.2, 0) is 16.6 Å². The van der Waals surface area contributed by atoms with Gasteiger partial charge in [0.05, 0.1) is 23.3 Å². The zero-order valence-electron chi connectivity index (χ0n) is 10.3. The molecule has 0 N–H and O–H groups in total. The van der Waals surface area contributed by atoms with Crippen molar-refractivity contribution in [3.05, 3.63) is 54.0 Å². The number of hydrogen-bond donors (Lipinski definition) is 0. The average molecular weight is 276 g/mol. The third-order valence-electron chi connectivity index (χ3n) is 2.65. The molecule has 0 saturated heterocycles. The first kappa shape index (κ1) is 13.3. The van der Waals surface area contributed by atoms with E-state index in [4.69, 9.17) is 9.68 Å². The Bertz CT molecular complexity index is 700. The highest BCUT2D eigenvalue weighted by Gasteiger charge is 2.24. The Balaban J connectivity index is 2.34. The molecule has 0 bridgehead atoms. The molecule has 5 nitrogen and oxygen atoms in total. The van der Waals surface area contributed by atoms with Crippen LogP contribution < -0.4 is 0 Å². The molecule has 98 valence electrons. The van der Waals surface area contributed by atoms with E-state index in [2.05, 4.69) is 0 Å². The number of rotatable bonds is 4. The smallest absolute Gasteiger partial charge is 0.244 e. The van der Waals surface area contributed by atoms with Crippen LogP contribution in [0.5, 0.6) is 0 Å². The van der Waals surface area contributed by atoms with Crippen LogP contribution in [0.25, 0.3) is 0 Å². The van der Waals surface area contributed by atoms with Crippen molar-refractivity contribution in [1.82, 2.24) is 4.31 Å². The minimum Gasteiger partial charge on any atom is -0.468 e. The fourth-order valence-electron chi connectivity index (χ4n) is 1.66. The van der Waals surface area contributed by atoms with Crippen molar-refractivity contribution >= 4 is 10.0 Å². The monoisotopic (exact) mass is 276 g/mol. The second-order valence-electron chi connectivity index (χ2n) is 3.95. The summed E-state index contributed by atoms with van der Waals surface area (Å²) in [5.74, 6) is 0.542. The molecule has 0 atom stereocenters. The van der Waals surface area contributed by atoms with Crippen molar-refractivity contribution in [3.63, 3.8) is 0 Å². The van der Waals surface area contributed by atoms with Crippen molar-refractivity contribution in [1.29, 1.82) is 5.26 Å². The predicted octanol–water partition coefficient (Wildman–Crippen LogP) is 1.97. The van der Waals surface area contributed by atoms with Crippen molar-refractivity contribution in [2.24, 2.45) is 0 Å². The highest BCUT2D eigenvalue weighted by atomic mass is 32.2. The number of nitriles is 1. The van der Waals surface area contributed by atoms with E-state index in [0.717, 1.165) is 4.31 Å². The lowest BCUT2D eigenvalue weighted by Gasteiger charge is -2.16. The Morgan fingerprint density at radius 3 is 2.63 bits per heavy atom. The molecule has 1 heterocycles. The summed E-state index contributed by atoms with van der Waals surface area (Å²) in [6.45, 7) is 0.120. The maximum Gasteiger partial charge on any atom is 0.244 e. The van der Waals surface area contributed by atoms with Crippen LogP contribution in [0.3, 0.4) is 0 Å². The second-order valence-corrected chi connectivity index (χ2v) is 5.96. The topological polar surface area (TPSA) is 74.3 Å². The van der Waals surface area contributed by atoms with Crippen LogP contribution in [0.1, 0.15) is 11.3 Å². The molecular weight excluding hydrogens is 264 g/mol. The lowest BCUT2D eigenvalue weighted by molar-refractivity contribution is 0.406. The summed E-state index contributed by atoms with van der Waals surface area (Å²) in [6.07, 6.45) is 1.49. The van der Waals surface area contributed by atoms with Gasteiger partial charge in [-0.2, -0.15) is 9.57 Å². The number of hydrogen-bond acceptors (Lipinski definition) is 4. The summed E-state index contributed by atoms with van der Waals surface area (Å²) in [7, 11) is -2.26. The van der Waals surface area contributed by atoms with Crippen LogP contribution in [0.2, 0.25) is 0 Å². The maximum atomic E-state index is 12.4. The summed E-state index contributed by atoms with van der Waals surface area (Å²) in [6, 6.07) is 11.4. The maximum absolute atomic E-state index is 12.4. The molecule has 0 unspecified atom stereocenters. The van der Waals surface area contributed by atoms with Crippen molar-refractivity contribution in [2.45, 2.75) is 11.4 Å². The van der Waals surface area contributed by atoms with Crippen molar-refractivity contribution in [3.8, 4) is 6.07 Å². The molecule has 0 fully saturated rings. The molecular formula is C13H12N2O3S. The van der Waals surface area contributed by atoms with E-state index in [1.807, 2.05) is 6.07 Å². The van der Waals surface area contributed by atoms with Gasteiger partial charge in [0.25, 0.3) is 0 Å². The van der Waals surface area contributed by atoms with Crippen LogP contribution in [0, 0.1) is 11.3 Å². The first-order valence-corrected chi connectivity index (χ1v) is 6.97. The third kappa shape index (κ3) is 2.67. The Hall–Kier alpha value is -2.10. The van der Waals surface area contributed by atoms with Gasteiger partial charge in [-0.05, 0) is 24.3 Å². The first-order chi connectivity index (χ1) is 9.05. The summed E-state index contributed by atoms with van der Waals surface area (Å²) in [5, 5.41) is 8.97.